The number of hydrogen-bond acceptors (Lipinski definition) is 3. The molecule has 0 spiro atoms. The zero-order valence-corrected chi connectivity index (χ0v) is 8.56. The van der Waals surface area contributed by atoms with Crippen molar-refractivity contribution in [2.45, 2.75) is 32.4 Å². The highest BCUT2D eigenvalue weighted by atomic mass is 16.3. The summed E-state index contributed by atoms with van der Waals surface area (Å²) < 4.78 is 1.87. The Balaban J connectivity index is 2.14. The highest BCUT2D eigenvalue weighted by Crippen LogP contribution is 2.25. The summed E-state index contributed by atoms with van der Waals surface area (Å²) in [6.45, 7) is 4.36. The zero-order chi connectivity index (χ0) is 9.97. The van der Waals surface area contributed by atoms with Crippen LogP contribution in [0.15, 0.2) is 12.4 Å². The van der Waals surface area contributed by atoms with Crippen molar-refractivity contribution in [3.8, 4) is 5.75 Å². The van der Waals surface area contributed by atoms with Gasteiger partial charge in [0.2, 0.25) is 0 Å². The van der Waals surface area contributed by atoms with Crippen molar-refractivity contribution in [2.24, 2.45) is 0 Å². The van der Waals surface area contributed by atoms with Gasteiger partial charge in [0.1, 0.15) is 6.17 Å². The Morgan fingerprint density at radius 3 is 3.07 bits per heavy atom. The first kappa shape index (κ1) is 9.52. The molecule has 0 bridgehead atoms. The lowest BCUT2D eigenvalue weighted by Gasteiger charge is -2.34. The van der Waals surface area contributed by atoms with E-state index in [1.807, 2.05) is 4.68 Å². The lowest BCUT2D eigenvalue weighted by atomic mass is 10.1. The first-order valence-electron chi connectivity index (χ1n) is 5.28. The van der Waals surface area contributed by atoms with E-state index in [0.717, 1.165) is 19.5 Å². The van der Waals surface area contributed by atoms with Gasteiger partial charge in [0.25, 0.3) is 0 Å². The zero-order valence-electron chi connectivity index (χ0n) is 8.56. The van der Waals surface area contributed by atoms with E-state index in [2.05, 4.69) is 16.9 Å². The monoisotopic (exact) mass is 195 g/mol. The Labute approximate surface area is 84.1 Å². The summed E-state index contributed by atoms with van der Waals surface area (Å²) in [4.78, 5) is 2.40. The van der Waals surface area contributed by atoms with E-state index in [-0.39, 0.29) is 5.75 Å². The van der Waals surface area contributed by atoms with E-state index >= 15 is 0 Å². The second kappa shape index (κ2) is 4.00. The van der Waals surface area contributed by atoms with Gasteiger partial charge in [-0.3, -0.25) is 9.58 Å². The van der Waals surface area contributed by atoms with Gasteiger partial charge in [-0.25, -0.2) is 0 Å². The molecule has 2 rings (SSSR count). The molecule has 4 nitrogen and oxygen atoms in total. The fraction of sp³-hybridized carbons (Fsp3) is 0.700. The molecule has 14 heavy (non-hydrogen) atoms. The number of piperidine rings is 1. The van der Waals surface area contributed by atoms with Crippen LogP contribution in [-0.2, 0) is 0 Å². The smallest absolute Gasteiger partial charge is 0.153 e. The van der Waals surface area contributed by atoms with Gasteiger partial charge < -0.3 is 5.11 Å². The minimum Gasteiger partial charge on any atom is -0.505 e. The molecule has 1 N–H and O–H groups in total. The number of aromatic hydroxyl groups is 1. The van der Waals surface area contributed by atoms with Crippen LogP contribution >= 0.6 is 0 Å². The van der Waals surface area contributed by atoms with E-state index in [4.69, 9.17) is 0 Å². The molecule has 78 valence electrons. The maximum atomic E-state index is 9.24. The Hall–Kier alpha value is -1.03. The molecule has 0 saturated carbocycles. The van der Waals surface area contributed by atoms with Crippen molar-refractivity contribution in [1.29, 1.82) is 0 Å². The van der Waals surface area contributed by atoms with E-state index in [9.17, 15) is 5.11 Å². The number of nitrogens with zero attached hydrogens (tertiary/aromatic N) is 3. The van der Waals surface area contributed by atoms with E-state index in [1.165, 1.54) is 19.0 Å². The molecule has 1 aliphatic heterocycles. The van der Waals surface area contributed by atoms with Crippen LogP contribution in [0.1, 0.15) is 32.4 Å². The van der Waals surface area contributed by atoms with Crippen LogP contribution in [0.2, 0.25) is 0 Å². The van der Waals surface area contributed by atoms with Crippen molar-refractivity contribution in [2.75, 3.05) is 13.1 Å². The molecule has 1 aromatic rings. The highest BCUT2D eigenvalue weighted by Gasteiger charge is 2.22. The summed E-state index contributed by atoms with van der Waals surface area (Å²) in [7, 11) is 0. The van der Waals surface area contributed by atoms with E-state index in [0.29, 0.717) is 6.17 Å². The summed E-state index contributed by atoms with van der Waals surface area (Å²) in [6.07, 6.45) is 7.21. The molecule has 4 heteroatoms. The van der Waals surface area contributed by atoms with Crippen LogP contribution in [0.3, 0.4) is 0 Å². The predicted molar refractivity (Wildman–Crippen MR) is 54.0 cm³/mol. The normalized spacial score (nSPS) is 23.9. The molecule has 1 unspecified atom stereocenters. The molecule has 2 heterocycles. The van der Waals surface area contributed by atoms with Gasteiger partial charge in [-0.2, -0.15) is 5.10 Å². The minimum absolute atomic E-state index is 0.256. The van der Waals surface area contributed by atoms with Crippen LogP contribution in [0.4, 0.5) is 0 Å². The summed E-state index contributed by atoms with van der Waals surface area (Å²) >= 11 is 0. The molecule has 0 aromatic carbocycles. The molecule has 0 amide bonds. The third-order valence-electron chi connectivity index (χ3n) is 2.88. The lowest BCUT2D eigenvalue weighted by molar-refractivity contribution is 0.0913. The number of hydrogen-bond donors (Lipinski definition) is 1. The minimum atomic E-state index is 0.256. The van der Waals surface area contributed by atoms with Gasteiger partial charge in [-0.15, -0.1) is 0 Å². The average molecular weight is 195 g/mol. The average Bonchev–Trinajstić information content (AvgIpc) is 2.65. The SMILES string of the molecule is CCN1CCCCC1n1cc(O)cn1. The highest BCUT2D eigenvalue weighted by molar-refractivity contribution is 5.09. The Morgan fingerprint density at radius 1 is 1.57 bits per heavy atom. The van der Waals surface area contributed by atoms with Crippen LogP contribution in [0.5, 0.6) is 5.75 Å². The molecular weight excluding hydrogens is 178 g/mol. The quantitative estimate of drug-likeness (QED) is 0.779. The largest absolute Gasteiger partial charge is 0.505 e. The molecule has 0 aliphatic carbocycles. The Bertz CT molecular complexity index is 297. The number of aromatic nitrogens is 2. The summed E-state index contributed by atoms with van der Waals surface area (Å²) in [6, 6.07) is 0. The molecule has 1 aromatic heterocycles. The molecular formula is C10H17N3O. The second-order valence-corrected chi connectivity index (χ2v) is 3.78. The first-order valence-corrected chi connectivity index (χ1v) is 5.28. The number of likely N-dealkylation sites (tertiary alicyclic amines) is 1. The van der Waals surface area contributed by atoms with Crippen LogP contribution in [-0.4, -0.2) is 32.9 Å². The maximum absolute atomic E-state index is 9.24. The standard InChI is InChI=1S/C10H17N3O/c1-2-12-6-4-3-5-10(12)13-8-9(14)7-11-13/h7-8,10,14H,2-6H2,1H3. The first-order chi connectivity index (χ1) is 6.81. The van der Waals surface area contributed by atoms with Crippen molar-refractivity contribution in [3.05, 3.63) is 12.4 Å². The summed E-state index contributed by atoms with van der Waals surface area (Å²) in [5.74, 6) is 0.256. The van der Waals surface area contributed by atoms with Gasteiger partial charge in [0.15, 0.2) is 5.75 Å². The molecule has 0 radical (unpaired) electrons. The van der Waals surface area contributed by atoms with Crippen LogP contribution in [0.25, 0.3) is 0 Å². The van der Waals surface area contributed by atoms with Crippen molar-refractivity contribution in [3.63, 3.8) is 0 Å². The summed E-state index contributed by atoms with van der Waals surface area (Å²) in [5, 5.41) is 13.4. The molecule has 1 aliphatic rings. The van der Waals surface area contributed by atoms with E-state index in [1.54, 1.807) is 6.20 Å². The fourth-order valence-corrected chi connectivity index (χ4v) is 2.13. The van der Waals surface area contributed by atoms with Crippen molar-refractivity contribution < 1.29 is 5.11 Å². The molecule has 1 atom stereocenters. The molecule has 1 fully saturated rings. The van der Waals surface area contributed by atoms with Gasteiger partial charge >= 0.3 is 0 Å². The van der Waals surface area contributed by atoms with E-state index < -0.39 is 0 Å². The van der Waals surface area contributed by atoms with Gasteiger partial charge in [0, 0.05) is 6.54 Å². The summed E-state index contributed by atoms with van der Waals surface area (Å²) in [5.41, 5.74) is 0. The Morgan fingerprint density at radius 2 is 2.43 bits per heavy atom. The predicted octanol–water partition coefficient (Wildman–Crippen LogP) is 1.59. The Kier molecular flexibility index (Phi) is 2.72. The van der Waals surface area contributed by atoms with Gasteiger partial charge in [-0.1, -0.05) is 6.92 Å². The van der Waals surface area contributed by atoms with Crippen LogP contribution < -0.4 is 0 Å². The third kappa shape index (κ3) is 1.75. The topological polar surface area (TPSA) is 41.3 Å². The van der Waals surface area contributed by atoms with Crippen molar-refractivity contribution in [1.82, 2.24) is 14.7 Å². The fourth-order valence-electron chi connectivity index (χ4n) is 2.13. The van der Waals surface area contributed by atoms with Gasteiger partial charge in [0.05, 0.1) is 12.4 Å². The van der Waals surface area contributed by atoms with Crippen molar-refractivity contribution >= 4 is 0 Å². The number of rotatable bonds is 2. The van der Waals surface area contributed by atoms with Gasteiger partial charge in [-0.05, 0) is 25.8 Å². The lowest BCUT2D eigenvalue weighted by Crippen LogP contribution is -2.36. The maximum Gasteiger partial charge on any atom is 0.153 e. The second-order valence-electron chi connectivity index (χ2n) is 3.78. The third-order valence-corrected chi connectivity index (χ3v) is 2.88. The van der Waals surface area contributed by atoms with Crippen LogP contribution in [0, 0.1) is 0 Å². The molecule has 1 saturated heterocycles.